The minimum Gasteiger partial charge on any atom is -0.369 e. The van der Waals surface area contributed by atoms with Crippen LogP contribution in [0.3, 0.4) is 0 Å². The highest BCUT2D eigenvalue weighted by molar-refractivity contribution is 5.90. The van der Waals surface area contributed by atoms with E-state index in [9.17, 15) is 4.79 Å². The minimum atomic E-state index is -0.747. The first kappa shape index (κ1) is 17.3. The molecule has 0 radical (unpaired) electrons. The number of hydrogen-bond donors (Lipinski definition) is 1. The van der Waals surface area contributed by atoms with Gasteiger partial charge in [-0.25, -0.2) is 0 Å². The molecule has 2 aliphatic heterocycles. The van der Waals surface area contributed by atoms with Crippen LogP contribution in [0.5, 0.6) is 0 Å². The molecule has 26 heavy (non-hydrogen) atoms. The van der Waals surface area contributed by atoms with E-state index >= 15 is 0 Å². The Morgan fingerprint density at radius 3 is 1.85 bits per heavy atom. The van der Waals surface area contributed by atoms with Gasteiger partial charge in [0.1, 0.15) is 0 Å². The second-order valence-corrected chi connectivity index (χ2v) is 8.09. The predicted molar refractivity (Wildman–Crippen MR) is 105 cm³/mol. The Hall–Kier alpha value is -2.13. The SMILES string of the molecule is CN1[C@@H]2CC[C@H]1CC(CC(C(N)=O)(c1ccccc1)c1ccccc1)C2. The maximum absolute atomic E-state index is 13.0. The van der Waals surface area contributed by atoms with Crippen molar-refractivity contribution in [1.82, 2.24) is 4.90 Å². The number of carbonyl (C=O) groups excluding carboxylic acids is 1. The highest BCUT2D eigenvalue weighted by Gasteiger charge is 2.46. The zero-order valence-electron chi connectivity index (χ0n) is 15.5. The van der Waals surface area contributed by atoms with Gasteiger partial charge in [0.25, 0.3) is 0 Å². The Morgan fingerprint density at radius 1 is 0.962 bits per heavy atom. The number of hydrogen-bond acceptors (Lipinski definition) is 2. The zero-order chi connectivity index (χ0) is 18.1. The summed E-state index contributed by atoms with van der Waals surface area (Å²) >= 11 is 0. The van der Waals surface area contributed by atoms with E-state index in [-0.39, 0.29) is 5.91 Å². The van der Waals surface area contributed by atoms with E-state index in [4.69, 9.17) is 5.73 Å². The molecule has 1 unspecified atom stereocenters. The number of nitrogens with two attached hydrogens (primary N) is 1. The molecule has 2 saturated heterocycles. The van der Waals surface area contributed by atoms with E-state index in [2.05, 4.69) is 36.2 Å². The number of carbonyl (C=O) groups is 1. The molecule has 2 N–H and O–H groups in total. The van der Waals surface area contributed by atoms with Crippen molar-refractivity contribution in [2.24, 2.45) is 11.7 Å². The van der Waals surface area contributed by atoms with Crippen molar-refractivity contribution in [3.63, 3.8) is 0 Å². The standard InChI is InChI=1S/C23H28N2O/c1-25-20-12-13-21(25)15-17(14-20)16-23(22(24)26,18-8-4-2-5-9-18)19-10-6-3-7-11-19/h2-11,17,20-21H,12-16H2,1H3,(H2,24,26)/t17?,20-,21+. The predicted octanol–water partition coefficient (Wildman–Crippen LogP) is 3.72. The fourth-order valence-corrected chi connectivity index (χ4v) is 5.36. The van der Waals surface area contributed by atoms with Gasteiger partial charge in [0.2, 0.25) is 5.91 Å². The van der Waals surface area contributed by atoms with Gasteiger partial charge in [-0.05, 0) is 56.2 Å². The van der Waals surface area contributed by atoms with Crippen LogP contribution in [0.4, 0.5) is 0 Å². The summed E-state index contributed by atoms with van der Waals surface area (Å²) < 4.78 is 0. The first-order valence-electron chi connectivity index (χ1n) is 9.74. The molecule has 3 heteroatoms. The normalized spacial score (nSPS) is 26.0. The first-order valence-corrected chi connectivity index (χ1v) is 9.74. The van der Waals surface area contributed by atoms with E-state index in [1.165, 1.54) is 25.7 Å². The van der Waals surface area contributed by atoms with Crippen molar-refractivity contribution >= 4 is 5.91 Å². The number of primary amides is 1. The van der Waals surface area contributed by atoms with Gasteiger partial charge in [0.15, 0.2) is 0 Å². The maximum atomic E-state index is 13.0. The highest BCUT2D eigenvalue weighted by Crippen LogP contribution is 2.45. The van der Waals surface area contributed by atoms with Crippen LogP contribution in [0.25, 0.3) is 0 Å². The van der Waals surface area contributed by atoms with Crippen LogP contribution >= 0.6 is 0 Å². The summed E-state index contributed by atoms with van der Waals surface area (Å²) in [5, 5.41) is 0. The van der Waals surface area contributed by atoms with E-state index in [1.54, 1.807) is 0 Å². The molecule has 3 nitrogen and oxygen atoms in total. The molecule has 136 valence electrons. The molecule has 0 aliphatic carbocycles. The number of nitrogens with zero attached hydrogens (tertiary/aromatic N) is 1. The number of amides is 1. The molecule has 2 aromatic rings. The lowest BCUT2D eigenvalue weighted by atomic mass is 9.66. The Balaban J connectivity index is 1.75. The molecule has 0 spiro atoms. The average Bonchev–Trinajstić information content (AvgIpc) is 2.88. The molecule has 4 rings (SSSR count). The molecule has 1 amide bonds. The zero-order valence-corrected chi connectivity index (χ0v) is 15.5. The third-order valence-electron chi connectivity index (χ3n) is 6.74. The summed E-state index contributed by atoms with van der Waals surface area (Å²) in [7, 11) is 2.26. The quantitative estimate of drug-likeness (QED) is 0.895. The molecule has 0 saturated carbocycles. The van der Waals surface area contributed by atoms with Gasteiger partial charge in [-0.15, -0.1) is 0 Å². The molecule has 0 aromatic heterocycles. The Labute approximate surface area is 156 Å². The number of fused-ring (bicyclic) bond motifs is 2. The molecule has 2 bridgehead atoms. The van der Waals surface area contributed by atoms with Crippen molar-refractivity contribution in [3.05, 3.63) is 71.8 Å². The van der Waals surface area contributed by atoms with Gasteiger partial charge in [-0.2, -0.15) is 0 Å². The third kappa shape index (κ3) is 2.84. The molecule has 2 aliphatic rings. The summed E-state index contributed by atoms with van der Waals surface area (Å²) in [6.07, 6.45) is 5.72. The lowest BCUT2D eigenvalue weighted by Gasteiger charge is -2.41. The summed E-state index contributed by atoms with van der Waals surface area (Å²) in [5.74, 6) is 0.290. The summed E-state index contributed by atoms with van der Waals surface area (Å²) in [6.45, 7) is 0. The topological polar surface area (TPSA) is 46.3 Å². The number of benzene rings is 2. The van der Waals surface area contributed by atoms with Crippen LogP contribution < -0.4 is 5.73 Å². The van der Waals surface area contributed by atoms with Crippen molar-refractivity contribution in [1.29, 1.82) is 0 Å². The highest BCUT2D eigenvalue weighted by atomic mass is 16.1. The van der Waals surface area contributed by atoms with Crippen molar-refractivity contribution in [3.8, 4) is 0 Å². The second kappa shape index (κ2) is 6.88. The van der Waals surface area contributed by atoms with Crippen LogP contribution in [0.1, 0.15) is 43.2 Å². The van der Waals surface area contributed by atoms with Gasteiger partial charge in [0, 0.05) is 12.1 Å². The fraction of sp³-hybridized carbons (Fsp3) is 0.435. The number of rotatable bonds is 5. The van der Waals surface area contributed by atoms with Gasteiger partial charge in [-0.3, -0.25) is 4.79 Å². The minimum absolute atomic E-state index is 0.235. The molecule has 3 atom stereocenters. The first-order chi connectivity index (χ1) is 12.6. The molecular weight excluding hydrogens is 320 g/mol. The summed E-state index contributed by atoms with van der Waals surface area (Å²) in [4.78, 5) is 15.5. The molecule has 2 heterocycles. The van der Waals surface area contributed by atoms with Crippen LogP contribution in [-0.2, 0) is 10.2 Å². The lowest BCUT2D eigenvalue weighted by molar-refractivity contribution is -0.123. The lowest BCUT2D eigenvalue weighted by Crippen LogP contribution is -2.47. The van der Waals surface area contributed by atoms with Gasteiger partial charge >= 0.3 is 0 Å². The van der Waals surface area contributed by atoms with E-state index < -0.39 is 5.41 Å². The molecular formula is C23H28N2O. The average molecular weight is 348 g/mol. The van der Waals surface area contributed by atoms with Crippen LogP contribution in [-0.4, -0.2) is 29.9 Å². The van der Waals surface area contributed by atoms with Crippen LogP contribution in [0.15, 0.2) is 60.7 Å². The van der Waals surface area contributed by atoms with E-state index in [1.807, 2.05) is 36.4 Å². The van der Waals surface area contributed by atoms with Crippen molar-refractivity contribution in [2.75, 3.05) is 7.05 Å². The summed E-state index contributed by atoms with van der Waals surface area (Å²) in [6, 6.07) is 21.6. The Kier molecular flexibility index (Phi) is 4.58. The molecule has 2 fully saturated rings. The van der Waals surface area contributed by atoms with Crippen LogP contribution in [0, 0.1) is 5.92 Å². The fourth-order valence-electron chi connectivity index (χ4n) is 5.36. The van der Waals surface area contributed by atoms with Crippen LogP contribution in [0.2, 0.25) is 0 Å². The van der Waals surface area contributed by atoms with Crippen molar-refractivity contribution < 1.29 is 4.79 Å². The van der Waals surface area contributed by atoms with Gasteiger partial charge in [0.05, 0.1) is 5.41 Å². The van der Waals surface area contributed by atoms with Gasteiger partial charge < -0.3 is 10.6 Å². The van der Waals surface area contributed by atoms with E-state index in [0.717, 1.165) is 17.5 Å². The monoisotopic (exact) mass is 348 g/mol. The third-order valence-corrected chi connectivity index (χ3v) is 6.74. The second-order valence-electron chi connectivity index (χ2n) is 8.09. The maximum Gasteiger partial charge on any atom is 0.232 e. The Morgan fingerprint density at radius 2 is 1.42 bits per heavy atom. The van der Waals surface area contributed by atoms with Gasteiger partial charge in [-0.1, -0.05) is 60.7 Å². The van der Waals surface area contributed by atoms with Crippen molar-refractivity contribution in [2.45, 2.75) is 49.6 Å². The summed E-state index contributed by atoms with van der Waals surface area (Å²) in [5.41, 5.74) is 7.41. The number of piperidine rings is 1. The smallest absolute Gasteiger partial charge is 0.232 e. The Bertz CT molecular complexity index is 705. The largest absolute Gasteiger partial charge is 0.369 e. The molecule has 2 aromatic carbocycles. The van der Waals surface area contributed by atoms with E-state index in [0.29, 0.717) is 18.0 Å².